The van der Waals surface area contributed by atoms with Gasteiger partial charge < -0.3 is 14.9 Å². The number of H-pyrrole nitrogens is 1. The molecule has 9 nitrogen and oxygen atoms in total. The summed E-state index contributed by atoms with van der Waals surface area (Å²) in [5, 5.41) is 7.16. The number of carbonyl (C=O) groups is 1. The molecule has 2 N–H and O–H groups in total. The summed E-state index contributed by atoms with van der Waals surface area (Å²) in [5.74, 6) is -0.0264. The minimum atomic E-state index is -0.629. The molecule has 3 aliphatic rings. The van der Waals surface area contributed by atoms with Crippen LogP contribution >= 0.6 is 11.6 Å². The zero-order chi connectivity index (χ0) is 27.8. The van der Waals surface area contributed by atoms with Gasteiger partial charge in [0.05, 0.1) is 34.7 Å². The number of aromatic nitrogens is 5. The van der Waals surface area contributed by atoms with E-state index < -0.39 is 17.4 Å². The van der Waals surface area contributed by atoms with Crippen molar-refractivity contribution in [2.45, 2.75) is 50.1 Å². The van der Waals surface area contributed by atoms with Crippen LogP contribution in [0.3, 0.4) is 0 Å². The van der Waals surface area contributed by atoms with Crippen molar-refractivity contribution in [2.75, 3.05) is 0 Å². The Labute approximate surface area is 233 Å². The van der Waals surface area contributed by atoms with Gasteiger partial charge in [-0.3, -0.25) is 14.4 Å². The van der Waals surface area contributed by atoms with Crippen LogP contribution in [0.1, 0.15) is 59.9 Å². The van der Waals surface area contributed by atoms with E-state index in [1.54, 1.807) is 25.5 Å². The predicted molar refractivity (Wildman–Crippen MR) is 147 cm³/mol. The van der Waals surface area contributed by atoms with Gasteiger partial charge in [0.25, 0.3) is 17.0 Å². The predicted octanol–water partition coefficient (Wildman–Crippen LogP) is 4.00. The number of halogens is 2. The number of imidazole rings is 1. The van der Waals surface area contributed by atoms with Gasteiger partial charge in [-0.1, -0.05) is 30.5 Å². The molecular weight excluding hydrogens is 535 g/mol. The van der Waals surface area contributed by atoms with E-state index in [-0.39, 0.29) is 38.7 Å². The Morgan fingerprint density at radius 1 is 1.12 bits per heavy atom. The van der Waals surface area contributed by atoms with Crippen LogP contribution in [0, 0.1) is 11.7 Å². The lowest BCUT2D eigenvalue weighted by molar-refractivity contribution is 0.0930. The fourth-order valence-electron chi connectivity index (χ4n) is 5.67. The fourth-order valence-corrected chi connectivity index (χ4v) is 5.83. The molecular formula is C29H26ClFN6O3. The van der Waals surface area contributed by atoms with Crippen LogP contribution in [0.5, 0.6) is 0 Å². The van der Waals surface area contributed by atoms with Crippen LogP contribution in [0.25, 0.3) is 22.4 Å². The van der Waals surface area contributed by atoms with E-state index in [4.69, 9.17) is 11.6 Å². The zero-order valence-corrected chi connectivity index (χ0v) is 22.5. The van der Waals surface area contributed by atoms with Crippen molar-refractivity contribution in [3.8, 4) is 22.4 Å². The van der Waals surface area contributed by atoms with Crippen LogP contribution in [0.15, 0.2) is 52.4 Å². The highest BCUT2D eigenvalue weighted by Gasteiger charge is 2.46. The number of aromatic amines is 1. The van der Waals surface area contributed by atoms with Crippen LogP contribution in [-0.2, 0) is 13.5 Å². The third-order valence-electron chi connectivity index (χ3n) is 8.32. The monoisotopic (exact) mass is 560 g/mol. The summed E-state index contributed by atoms with van der Waals surface area (Å²) in [6.07, 6.45) is 9.52. The molecule has 0 saturated heterocycles. The normalized spacial score (nSPS) is 17.9. The standard InChI is InChI=1S/C29H26ClFN6O3/c1-36-23(38)9-17(12-33-36)21-13-32-27(34-21)22(8-15-2-3-15)37-14-19-18(10-24(37)39)25-16(4-5-20(30)26(25)31)11-29(6-7-29)35-28(19)40/h4-5,9-10,12-15,22H,2-3,6-8,11H2,1H3,(H,32,34)(H,35,40)/t22-/m0/s1. The van der Waals surface area contributed by atoms with Gasteiger partial charge in [-0.15, -0.1) is 0 Å². The molecule has 1 aliphatic heterocycles. The number of amides is 1. The highest BCUT2D eigenvalue weighted by molar-refractivity contribution is 6.31. The first kappa shape index (κ1) is 25.0. The van der Waals surface area contributed by atoms with Crippen LogP contribution in [0.4, 0.5) is 4.39 Å². The number of carbonyl (C=O) groups excluding carboxylic acids is 1. The fraction of sp³-hybridized carbons (Fsp3) is 0.345. The Hall–Kier alpha value is -4.05. The number of pyridine rings is 1. The second-order valence-electron chi connectivity index (χ2n) is 11.2. The molecule has 1 atom stereocenters. The van der Waals surface area contributed by atoms with Crippen LogP contribution in [0.2, 0.25) is 5.02 Å². The topological polar surface area (TPSA) is 115 Å². The lowest BCUT2D eigenvalue weighted by Gasteiger charge is -2.26. The Morgan fingerprint density at radius 3 is 2.65 bits per heavy atom. The van der Waals surface area contributed by atoms with Gasteiger partial charge in [0.15, 0.2) is 0 Å². The van der Waals surface area contributed by atoms with Crippen LogP contribution < -0.4 is 16.4 Å². The molecule has 204 valence electrons. The van der Waals surface area contributed by atoms with Crippen LogP contribution in [-0.4, -0.2) is 35.8 Å². The van der Waals surface area contributed by atoms with Crippen molar-refractivity contribution in [3.63, 3.8) is 0 Å². The Morgan fingerprint density at radius 2 is 1.93 bits per heavy atom. The first-order chi connectivity index (χ1) is 19.2. The quantitative estimate of drug-likeness (QED) is 0.383. The van der Waals surface area contributed by atoms with Gasteiger partial charge in [0.2, 0.25) is 0 Å². The van der Waals surface area contributed by atoms with Gasteiger partial charge in [-0.25, -0.2) is 14.1 Å². The van der Waals surface area contributed by atoms with Gasteiger partial charge in [-0.2, -0.15) is 5.10 Å². The summed E-state index contributed by atoms with van der Waals surface area (Å²) in [6, 6.07) is 5.61. The van der Waals surface area contributed by atoms with Crippen molar-refractivity contribution in [3.05, 3.63) is 91.4 Å². The number of hydrogen-bond acceptors (Lipinski definition) is 5. The third-order valence-corrected chi connectivity index (χ3v) is 8.61. The lowest BCUT2D eigenvalue weighted by atomic mass is 9.89. The van der Waals surface area contributed by atoms with E-state index >= 15 is 4.39 Å². The highest BCUT2D eigenvalue weighted by atomic mass is 35.5. The maximum Gasteiger partial charge on any atom is 0.267 e. The molecule has 0 bridgehead atoms. The molecule has 1 spiro atoms. The van der Waals surface area contributed by atoms with E-state index in [9.17, 15) is 14.4 Å². The Kier molecular flexibility index (Phi) is 5.61. The lowest BCUT2D eigenvalue weighted by Crippen LogP contribution is -2.41. The summed E-state index contributed by atoms with van der Waals surface area (Å²) in [6.45, 7) is 0. The van der Waals surface area contributed by atoms with E-state index in [1.807, 2.05) is 0 Å². The molecule has 11 heteroatoms. The maximum absolute atomic E-state index is 15.5. The Balaban J connectivity index is 1.37. The molecule has 0 radical (unpaired) electrons. The zero-order valence-electron chi connectivity index (χ0n) is 21.7. The average Bonchev–Trinajstić information content (AvgIpc) is 3.84. The molecule has 1 aromatic carbocycles. The van der Waals surface area contributed by atoms with Crippen molar-refractivity contribution in [1.29, 1.82) is 0 Å². The minimum Gasteiger partial charge on any atom is -0.346 e. The van der Waals surface area contributed by atoms with Crippen molar-refractivity contribution in [2.24, 2.45) is 13.0 Å². The number of hydrogen-bond donors (Lipinski definition) is 2. The molecule has 40 heavy (non-hydrogen) atoms. The second-order valence-corrected chi connectivity index (χ2v) is 11.6. The number of rotatable bonds is 5. The number of fused-ring (bicyclic) bond motifs is 3. The molecule has 4 heterocycles. The minimum absolute atomic E-state index is 0.0559. The molecule has 7 rings (SSSR count). The van der Waals surface area contributed by atoms with Gasteiger partial charge in [-0.05, 0) is 43.2 Å². The maximum atomic E-state index is 15.5. The third kappa shape index (κ3) is 4.27. The second kappa shape index (κ2) is 8.99. The highest BCUT2D eigenvalue weighted by Crippen LogP contribution is 2.45. The van der Waals surface area contributed by atoms with E-state index in [0.29, 0.717) is 41.4 Å². The summed E-state index contributed by atoms with van der Waals surface area (Å²) in [7, 11) is 1.57. The van der Waals surface area contributed by atoms with Crippen molar-refractivity contribution in [1.82, 2.24) is 29.6 Å². The molecule has 4 aromatic rings. The van der Waals surface area contributed by atoms with E-state index in [2.05, 4.69) is 20.4 Å². The van der Waals surface area contributed by atoms with E-state index in [1.165, 1.54) is 33.6 Å². The summed E-state index contributed by atoms with van der Waals surface area (Å²) < 4.78 is 18.3. The Bertz CT molecular complexity index is 1820. The SMILES string of the molecule is Cn1ncc(-c2cnc([C@H](CC3CC3)n3cc4c(cc3=O)-c3c(ccc(Cl)c3F)CC3(CC3)NC4=O)[nH]2)cc1=O. The van der Waals surface area contributed by atoms with E-state index in [0.717, 1.165) is 25.7 Å². The number of nitrogens with one attached hydrogen (secondary N) is 2. The number of benzene rings is 1. The van der Waals surface area contributed by atoms with Gasteiger partial charge >= 0.3 is 0 Å². The smallest absolute Gasteiger partial charge is 0.267 e. The summed E-state index contributed by atoms with van der Waals surface area (Å²) in [4.78, 5) is 47.2. The number of aryl methyl sites for hydroxylation is 1. The number of nitrogens with zero attached hydrogens (tertiary/aromatic N) is 4. The molecule has 1 amide bonds. The van der Waals surface area contributed by atoms with Gasteiger partial charge in [0, 0.05) is 47.6 Å². The summed E-state index contributed by atoms with van der Waals surface area (Å²) >= 11 is 6.17. The molecule has 3 aromatic heterocycles. The first-order valence-electron chi connectivity index (χ1n) is 13.4. The van der Waals surface area contributed by atoms with Gasteiger partial charge in [0.1, 0.15) is 11.6 Å². The first-order valence-corrected chi connectivity index (χ1v) is 13.7. The average molecular weight is 561 g/mol. The summed E-state index contributed by atoms with van der Waals surface area (Å²) in [5.41, 5.74) is 1.50. The molecule has 2 saturated carbocycles. The molecule has 2 fully saturated rings. The van der Waals surface area contributed by atoms with Crippen molar-refractivity contribution < 1.29 is 9.18 Å². The van der Waals surface area contributed by atoms with Crippen molar-refractivity contribution >= 4 is 17.5 Å². The molecule has 0 unspecified atom stereocenters. The molecule has 2 aliphatic carbocycles. The largest absolute Gasteiger partial charge is 0.346 e.